The summed E-state index contributed by atoms with van der Waals surface area (Å²) in [5.74, 6) is 2.60. The number of amides is 2. The van der Waals surface area contributed by atoms with Gasteiger partial charge in [-0.25, -0.2) is 4.79 Å². The van der Waals surface area contributed by atoms with Gasteiger partial charge in [0.2, 0.25) is 0 Å². The van der Waals surface area contributed by atoms with Crippen molar-refractivity contribution in [3.63, 3.8) is 0 Å². The summed E-state index contributed by atoms with van der Waals surface area (Å²) in [6, 6.07) is 14.5. The van der Waals surface area contributed by atoms with Crippen LogP contribution in [0, 0.1) is 0 Å². The van der Waals surface area contributed by atoms with Gasteiger partial charge in [0.15, 0.2) is 17.6 Å². The molecule has 2 amide bonds. The smallest absolute Gasteiger partial charge is 0.319 e. The van der Waals surface area contributed by atoms with E-state index in [1.54, 1.807) is 18.2 Å². The number of hydrogen-bond acceptors (Lipinski definition) is 5. The summed E-state index contributed by atoms with van der Waals surface area (Å²) in [5, 5.41) is 11.6. The number of fused-ring (bicyclic) bond motifs is 1. The zero-order valence-electron chi connectivity index (χ0n) is 13.8. The zero-order chi connectivity index (χ0) is 17.6. The van der Waals surface area contributed by atoms with Crippen molar-refractivity contribution in [3.8, 4) is 23.0 Å². The molecule has 1 atom stereocenters. The maximum absolute atomic E-state index is 11.6. The first-order valence-corrected chi connectivity index (χ1v) is 7.92. The molecule has 0 bridgehead atoms. The SMILES string of the molecule is CN(CO)C(=O)NCC1COc2cc(Oc3ccccc3)ccc2O1. The van der Waals surface area contributed by atoms with E-state index in [9.17, 15) is 4.79 Å². The molecular weight excluding hydrogens is 324 g/mol. The molecule has 1 unspecified atom stereocenters. The Balaban J connectivity index is 1.58. The van der Waals surface area contributed by atoms with Gasteiger partial charge >= 0.3 is 6.03 Å². The molecule has 7 heteroatoms. The Labute approximate surface area is 145 Å². The zero-order valence-corrected chi connectivity index (χ0v) is 13.8. The Morgan fingerprint density at radius 3 is 2.80 bits per heavy atom. The molecule has 1 heterocycles. The number of ether oxygens (including phenoxy) is 3. The first kappa shape index (κ1) is 16.9. The van der Waals surface area contributed by atoms with Crippen LogP contribution in [0.2, 0.25) is 0 Å². The lowest BCUT2D eigenvalue weighted by molar-refractivity contribution is 0.0875. The van der Waals surface area contributed by atoms with Crippen LogP contribution >= 0.6 is 0 Å². The topological polar surface area (TPSA) is 80.3 Å². The van der Waals surface area contributed by atoms with Gasteiger partial charge in [-0.3, -0.25) is 0 Å². The predicted octanol–water partition coefficient (Wildman–Crippen LogP) is 2.21. The van der Waals surface area contributed by atoms with E-state index in [-0.39, 0.29) is 25.4 Å². The molecule has 25 heavy (non-hydrogen) atoms. The van der Waals surface area contributed by atoms with Gasteiger partial charge in [0.1, 0.15) is 24.8 Å². The van der Waals surface area contributed by atoms with Crippen LogP contribution in [0.1, 0.15) is 0 Å². The van der Waals surface area contributed by atoms with E-state index in [1.165, 1.54) is 7.05 Å². The van der Waals surface area contributed by atoms with Gasteiger partial charge in [0.25, 0.3) is 0 Å². The molecule has 0 saturated carbocycles. The molecule has 0 saturated heterocycles. The predicted molar refractivity (Wildman–Crippen MR) is 91.1 cm³/mol. The van der Waals surface area contributed by atoms with E-state index in [1.807, 2.05) is 30.3 Å². The van der Waals surface area contributed by atoms with Crippen molar-refractivity contribution in [2.75, 3.05) is 26.9 Å². The molecule has 1 aliphatic rings. The van der Waals surface area contributed by atoms with Gasteiger partial charge in [0.05, 0.1) is 6.54 Å². The number of carbonyl (C=O) groups is 1. The molecule has 7 nitrogen and oxygen atoms in total. The van der Waals surface area contributed by atoms with Crippen molar-refractivity contribution in [1.82, 2.24) is 10.2 Å². The Kier molecular flexibility index (Phi) is 5.25. The quantitative estimate of drug-likeness (QED) is 0.813. The second kappa shape index (κ2) is 7.76. The highest BCUT2D eigenvalue weighted by molar-refractivity contribution is 5.73. The number of aliphatic hydroxyl groups excluding tert-OH is 1. The summed E-state index contributed by atoms with van der Waals surface area (Å²) in [7, 11) is 1.50. The first-order chi connectivity index (χ1) is 12.2. The summed E-state index contributed by atoms with van der Waals surface area (Å²) < 4.78 is 17.3. The molecule has 0 spiro atoms. The van der Waals surface area contributed by atoms with Crippen molar-refractivity contribution in [2.45, 2.75) is 6.10 Å². The van der Waals surface area contributed by atoms with Crippen molar-refractivity contribution in [1.29, 1.82) is 0 Å². The van der Waals surface area contributed by atoms with E-state index in [2.05, 4.69) is 5.32 Å². The molecule has 0 aliphatic carbocycles. The second-order valence-electron chi connectivity index (χ2n) is 5.60. The van der Waals surface area contributed by atoms with Gasteiger partial charge in [-0.1, -0.05) is 18.2 Å². The number of para-hydroxylation sites is 1. The van der Waals surface area contributed by atoms with E-state index in [4.69, 9.17) is 19.3 Å². The maximum atomic E-state index is 11.6. The van der Waals surface area contributed by atoms with Crippen LogP contribution < -0.4 is 19.5 Å². The summed E-state index contributed by atoms with van der Waals surface area (Å²) in [6.45, 7) is 0.247. The third-order valence-electron chi connectivity index (χ3n) is 3.65. The average molecular weight is 344 g/mol. The van der Waals surface area contributed by atoms with Gasteiger partial charge in [0, 0.05) is 13.1 Å². The molecule has 2 aromatic rings. The largest absolute Gasteiger partial charge is 0.486 e. The number of nitrogens with zero attached hydrogens (tertiary/aromatic N) is 1. The number of urea groups is 1. The fraction of sp³-hybridized carbons (Fsp3) is 0.278. The van der Waals surface area contributed by atoms with Gasteiger partial charge in [-0.2, -0.15) is 0 Å². The van der Waals surface area contributed by atoms with Crippen LogP contribution in [0.25, 0.3) is 0 Å². The minimum Gasteiger partial charge on any atom is -0.486 e. The lowest BCUT2D eigenvalue weighted by Crippen LogP contribution is -2.45. The molecule has 2 N–H and O–H groups in total. The Morgan fingerprint density at radius 2 is 2.04 bits per heavy atom. The number of nitrogens with one attached hydrogen (secondary N) is 1. The number of benzene rings is 2. The van der Waals surface area contributed by atoms with Crippen molar-refractivity contribution in [2.24, 2.45) is 0 Å². The van der Waals surface area contributed by atoms with Gasteiger partial charge < -0.3 is 29.5 Å². The normalized spacial score (nSPS) is 15.4. The summed E-state index contributed by atoms with van der Waals surface area (Å²) in [6.07, 6.45) is -0.301. The highest BCUT2D eigenvalue weighted by atomic mass is 16.6. The molecule has 2 aromatic carbocycles. The van der Waals surface area contributed by atoms with Crippen LogP contribution in [0.4, 0.5) is 4.79 Å². The minimum atomic E-state index is -0.372. The fourth-order valence-electron chi connectivity index (χ4n) is 2.28. The first-order valence-electron chi connectivity index (χ1n) is 7.92. The highest BCUT2D eigenvalue weighted by Crippen LogP contribution is 2.36. The summed E-state index contributed by atoms with van der Waals surface area (Å²) in [4.78, 5) is 12.8. The van der Waals surface area contributed by atoms with Crippen LogP contribution in [-0.2, 0) is 0 Å². The van der Waals surface area contributed by atoms with E-state index in [0.717, 1.165) is 10.6 Å². The number of rotatable bonds is 5. The third-order valence-corrected chi connectivity index (χ3v) is 3.65. The van der Waals surface area contributed by atoms with Crippen LogP contribution in [-0.4, -0.2) is 49.1 Å². The van der Waals surface area contributed by atoms with Crippen LogP contribution in [0.3, 0.4) is 0 Å². The number of carbonyl (C=O) groups excluding carboxylic acids is 1. The van der Waals surface area contributed by atoms with Gasteiger partial charge in [-0.15, -0.1) is 0 Å². The Morgan fingerprint density at radius 1 is 1.24 bits per heavy atom. The van der Waals surface area contributed by atoms with E-state index < -0.39 is 0 Å². The molecule has 0 aromatic heterocycles. The minimum absolute atomic E-state index is 0.283. The molecule has 132 valence electrons. The molecule has 1 aliphatic heterocycles. The van der Waals surface area contributed by atoms with Crippen LogP contribution in [0.15, 0.2) is 48.5 Å². The Hall–Kier alpha value is -2.93. The van der Waals surface area contributed by atoms with Crippen LogP contribution in [0.5, 0.6) is 23.0 Å². The second-order valence-corrected chi connectivity index (χ2v) is 5.60. The van der Waals surface area contributed by atoms with Crippen molar-refractivity contribution in [3.05, 3.63) is 48.5 Å². The lowest BCUT2D eigenvalue weighted by Gasteiger charge is -2.27. The molecule has 0 fully saturated rings. The molecule has 3 rings (SSSR count). The monoisotopic (exact) mass is 344 g/mol. The number of hydrogen-bond donors (Lipinski definition) is 2. The van der Waals surface area contributed by atoms with Crippen molar-refractivity contribution >= 4 is 6.03 Å². The average Bonchev–Trinajstić information content (AvgIpc) is 2.66. The summed E-state index contributed by atoms with van der Waals surface area (Å²) >= 11 is 0. The van der Waals surface area contributed by atoms with Crippen molar-refractivity contribution < 1.29 is 24.1 Å². The highest BCUT2D eigenvalue weighted by Gasteiger charge is 2.22. The maximum Gasteiger partial charge on any atom is 0.319 e. The van der Waals surface area contributed by atoms with Gasteiger partial charge in [-0.05, 0) is 24.3 Å². The lowest BCUT2D eigenvalue weighted by atomic mass is 10.2. The number of aliphatic hydroxyl groups is 1. The molecular formula is C18H20N2O5. The van der Waals surface area contributed by atoms with E-state index in [0.29, 0.717) is 23.9 Å². The standard InChI is InChI=1S/C18H20N2O5/c1-20(12-21)18(22)19-10-15-11-23-17-9-14(7-8-16(17)25-15)24-13-5-3-2-4-6-13/h2-9,15,21H,10-12H2,1H3,(H,19,22). The summed E-state index contributed by atoms with van der Waals surface area (Å²) in [5.41, 5.74) is 0. The Bertz CT molecular complexity index is 723. The third kappa shape index (κ3) is 4.33. The van der Waals surface area contributed by atoms with E-state index >= 15 is 0 Å². The fourth-order valence-corrected chi connectivity index (χ4v) is 2.28. The molecule has 0 radical (unpaired) electrons.